The van der Waals surface area contributed by atoms with Gasteiger partial charge in [0.1, 0.15) is 11.5 Å². The van der Waals surface area contributed by atoms with E-state index >= 15 is 0 Å². The highest BCUT2D eigenvalue weighted by Gasteiger charge is 2.31. The Morgan fingerprint density at radius 3 is 2.70 bits per heavy atom. The van der Waals surface area contributed by atoms with E-state index < -0.39 is 5.82 Å². The third-order valence-corrected chi connectivity index (χ3v) is 5.50. The Balaban J connectivity index is 1.49. The first-order chi connectivity index (χ1) is 14.6. The molecule has 0 spiro atoms. The summed E-state index contributed by atoms with van der Waals surface area (Å²) in [5.74, 6) is 0.117. The van der Waals surface area contributed by atoms with Crippen molar-refractivity contribution in [3.63, 3.8) is 0 Å². The maximum atomic E-state index is 13.4. The van der Waals surface area contributed by atoms with E-state index in [0.717, 1.165) is 30.2 Å². The first-order valence-electron chi connectivity index (χ1n) is 10.2. The summed E-state index contributed by atoms with van der Waals surface area (Å²) in [6.45, 7) is 3.09. The molecule has 6 heteroatoms. The molecule has 0 saturated carbocycles. The zero-order valence-corrected chi connectivity index (χ0v) is 16.9. The number of amides is 1. The van der Waals surface area contributed by atoms with Crippen molar-refractivity contribution in [1.82, 2.24) is 14.9 Å². The number of rotatable bonds is 5. The fraction of sp³-hybridized carbons (Fsp3) is 0.292. The summed E-state index contributed by atoms with van der Waals surface area (Å²) in [5, 5.41) is 0. The lowest BCUT2D eigenvalue weighted by Crippen LogP contribution is -2.47. The minimum atomic E-state index is -0.393. The van der Waals surface area contributed by atoms with Crippen molar-refractivity contribution in [2.45, 2.75) is 25.8 Å². The SMILES string of the molecule is C[C@@H]1CC[C@@H](COc2ccc(F)cn2)CN1C(=O)c1ncccc1-c1ccccc1. The van der Waals surface area contributed by atoms with Gasteiger partial charge in [-0.15, -0.1) is 0 Å². The molecule has 5 nitrogen and oxygen atoms in total. The topological polar surface area (TPSA) is 55.3 Å². The highest BCUT2D eigenvalue weighted by atomic mass is 19.1. The third-order valence-electron chi connectivity index (χ3n) is 5.50. The average molecular weight is 405 g/mol. The number of nitrogens with zero attached hydrogens (tertiary/aromatic N) is 3. The van der Waals surface area contributed by atoms with E-state index in [2.05, 4.69) is 16.9 Å². The summed E-state index contributed by atoms with van der Waals surface area (Å²) in [6.07, 6.45) is 4.65. The van der Waals surface area contributed by atoms with Crippen LogP contribution in [-0.4, -0.2) is 40.0 Å². The molecule has 0 bridgehead atoms. The minimum absolute atomic E-state index is 0.0634. The number of benzene rings is 1. The van der Waals surface area contributed by atoms with Crippen LogP contribution in [-0.2, 0) is 0 Å². The van der Waals surface area contributed by atoms with Crippen LogP contribution in [0.5, 0.6) is 5.88 Å². The molecule has 3 heterocycles. The van der Waals surface area contributed by atoms with Gasteiger partial charge in [-0.05, 0) is 37.5 Å². The van der Waals surface area contributed by atoms with Gasteiger partial charge < -0.3 is 9.64 Å². The zero-order chi connectivity index (χ0) is 20.9. The van der Waals surface area contributed by atoms with Crippen LogP contribution in [0, 0.1) is 11.7 Å². The number of piperidine rings is 1. The van der Waals surface area contributed by atoms with E-state index in [1.165, 1.54) is 12.1 Å². The van der Waals surface area contributed by atoms with Crippen LogP contribution in [0.3, 0.4) is 0 Å². The number of likely N-dealkylation sites (tertiary alicyclic amines) is 1. The predicted octanol–water partition coefficient (Wildman–Crippen LogP) is 4.60. The van der Waals surface area contributed by atoms with Gasteiger partial charge in [-0.2, -0.15) is 0 Å². The monoisotopic (exact) mass is 405 g/mol. The third kappa shape index (κ3) is 4.48. The number of halogens is 1. The van der Waals surface area contributed by atoms with Crippen molar-refractivity contribution in [2.75, 3.05) is 13.2 Å². The maximum absolute atomic E-state index is 13.4. The van der Waals surface area contributed by atoms with Crippen LogP contribution < -0.4 is 4.74 Å². The number of pyridine rings is 2. The molecule has 0 aliphatic carbocycles. The molecule has 1 saturated heterocycles. The molecule has 1 fully saturated rings. The molecule has 30 heavy (non-hydrogen) atoms. The Morgan fingerprint density at radius 2 is 1.93 bits per heavy atom. The minimum Gasteiger partial charge on any atom is -0.477 e. The summed E-state index contributed by atoms with van der Waals surface area (Å²) in [4.78, 5) is 23.7. The second kappa shape index (κ2) is 9.03. The van der Waals surface area contributed by atoms with Gasteiger partial charge in [-0.25, -0.2) is 9.37 Å². The van der Waals surface area contributed by atoms with E-state index in [9.17, 15) is 9.18 Å². The van der Waals surface area contributed by atoms with Gasteiger partial charge in [0.15, 0.2) is 0 Å². The Bertz CT molecular complexity index is 995. The molecule has 1 aromatic carbocycles. The lowest BCUT2D eigenvalue weighted by molar-refractivity contribution is 0.0497. The molecule has 0 N–H and O–H groups in total. The smallest absolute Gasteiger partial charge is 0.273 e. The van der Waals surface area contributed by atoms with Crippen LogP contribution >= 0.6 is 0 Å². The van der Waals surface area contributed by atoms with E-state index in [4.69, 9.17) is 4.74 Å². The van der Waals surface area contributed by atoms with E-state index in [1.807, 2.05) is 47.4 Å². The summed E-state index contributed by atoms with van der Waals surface area (Å²) >= 11 is 0. The number of hydrogen-bond acceptors (Lipinski definition) is 4. The molecule has 1 aliphatic heterocycles. The Kier molecular flexibility index (Phi) is 6.02. The molecule has 154 valence electrons. The number of ether oxygens (including phenoxy) is 1. The van der Waals surface area contributed by atoms with Crippen molar-refractivity contribution >= 4 is 5.91 Å². The summed E-state index contributed by atoms with van der Waals surface area (Å²) < 4.78 is 18.7. The molecular formula is C24H24FN3O2. The average Bonchev–Trinajstić information content (AvgIpc) is 2.80. The first kappa shape index (κ1) is 20.0. The standard InChI is InChI=1S/C24H24FN3O2/c1-17-9-10-18(16-30-22-12-11-20(25)14-27-22)15-28(17)24(29)23-21(8-5-13-26-23)19-6-3-2-4-7-19/h2-8,11-14,17-18H,9-10,15-16H2,1H3/t17-,18-/m1/s1. The van der Waals surface area contributed by atoms with Crippen molar-refractivity contribution in [1.29, 1.82) is 0 Å². The normalized spacial score (nSPS) is 18.8. The molecule has 4 rings (SSSR count). The van der Waals surface area contributed by atoms with E-state index in [1.54, 1.807) is 6.20 Å². The van der Waals surface area contributed by atoms with Crippen LogP contribution in [0.15, 0.2) is 67.0 Å². The molecule has 2 atom stereocenters. The number of carbonyl (C=O) groups excluding carboxylic acids is 1. The van der Waals surface area contributed by atoms with Gasteiger partial charge in [-0.3, -0.25) is 9.78 Å². The summed E-state index contributed by atoms with van der Waals surface area (Å²) in [6, 6.07) is 16.6. The zero-order valence-electron chi connectivity index (χ0n) is 16.9. The predicted molar refractivity (Wildman–Crippen MR) is 113 cm³/mol. The van der Waals surface area contributed by atoms with Crippen LogP contribution in [0.25, 0.3) is 11.1 Å². The lowest BCUT2D eigenvalue weighted by atomic mass is 9.93. The van der Waals surface area contributed by atoms with Crippen LogP contribution in [0.2, 0.25) is 0 Å². The summed E-state index contributed by atoms with van der Waals surface area (Å²) in [7, 11) is 0. The van der Waals surface area contributed by atoms with E-state index in [0.29, 0.717) is 24.7 Å². The van der Waals surface area contributed by atoms with Gasteiger partial charge in [-0.1, -0.05) is 36.4 Å². The number of aromatic nitrogens is 2. The molecule has 2 aromatic heterocycles. The van der Waals surface area contributed by atoms with Gasteiger partial charge in [0.05, 0.1) is 12.8 Å². The van der Waals surface area contributed by atoms with Crippen LogP contribution in [0.4, 0.5) is 4.39 Å². The Hall–Kier alpha value is -3.28. The van der Waals surface area contributed by atoms with Crippen molar-refractivity contribution < 1.29 is 13.9 Å². The molecule has 3 aromatic rings. The van der Waals surface area contributed by atoms with Crippen molar-refractivity contribution in [2.24, 2.45) is 5.92 Å². The number of hydrogen-bond donors (Lipinski definition) is 0. The Morgan fingerprint density at radius 1 is 1.10 bits per heavy atom. The van der Waals surface area contributed by atoms with Crippen LogP contribution in [0.1, 0.15) is 30.3 Å². The second-order valence-corrected chi connectivity index (χ2v) is 7.64. The highest BCUT2D eigenvalue weighted by molar-refractivity contribution is 5.99. The van der Waals surface area contributed by atoms with Gasteiger partial charge in [0.25, 0.3) is 5.91 Å². The number of carbonyl (C=O) groups is 1. The summed E-state index contributed by atoms with van der Waals surface area (Å²) in [5.41, 5.74) is 2.28. The first-order valence-corrected chi connectivity index (χ1v) is 10.2. The Labute approximate surface area is 175 Å². The fourth-order valence-corrected chi connectivity index (χ4v) is 3.81. The molecule has 0 unspecified atom stereocenters. The largest absolute Gasteiger partial charge is 0.477 e. The van der Waals surface area contributed by atoms with Gasteiger partial charge in [0.2, 0.25) is 5.88 Å². The highest BCUT2D eigenvalue weighted by Crippen LogP contribution is 2.28. The molecule has 0 radical (unpaired) electrons. The van der Waals surface area contributed by atoms with E-state index in [-0.39, 0.29) is 17.9 Å². The van der Waals surface area contributed by atoms with Gasteiger partial charge >= 0.3 is 0 Å². The van der Waals surface area contributed by atoms with Crippen molar-refractivity contribution in [3.05, 3.63) is 78.5 Å². The molecule has 1 amide bonds. The molecular weight excluding hydrogens is 381 g/mol. The second-order valence-electron chi connectivity index (χ2n) is 7.64. The maximum Gasteiger partial charge on any atom is 0.273 e. The van der Waals surface area contributed by atoms with Gasteiger partial charge in [0, 0.05) is 36.3 Å². The van der Waals surface area contributed by atoms with Crippen molar-refractivity contribution in [3.8, 4) is 17.0 Å². The fourth-order valence-electron chi connectivity index (χ4n) is 3.81. The molecule has 1 aliphatic rings. The quantitative estimate of drug-likeness (QED) is 0.622. The lowest BCUT2D eigenvalue weighted by Gasteiger charge is -2.38.